The molecule has 17 heavy (non-hydrogen) atoms. The molecule has 0 saturated carbocycles. The molecule has 0 radical (unpaired) electrons. The first-order valence-electron chi connectivity index (χ1n) is 5.33. The molecule has 0 saturated heterocycles. The van der Waals surface area contributed by atoms with E-state index in [0.29, 0.717) is 6.42 Å². The number of hydrogen-bond acceptors (Lipinski definition) is 0. The van der Waals surface area contributed by atoms with Crippen molar-refractivity contribution >= 4 is 15.9 Å². The minimum Gasteiger partial charge on any atom is -0.204 e. The fourth-order valence-electron chi connectivity index (χ4n) is 1.63. The van der Waals surface area contributed by atoms with Crippen LogP contribution >= 0.6 is 15.9 Å². The Kier molecular flexibility index (Phi) is 3.89. The molecule has 0 nitrogen and oxygen atoms in total. The Labute approximate surface area is 107 Å². The van der Waals surface area contributed by atoms with Gasteiger partial charge in [0.2, 0.25) is 0 Å². The van der Waals surface area contributed by atoms with Crippen LogP contribution in [0.5, 0.6) is 0 Å². The summed E-state index contributed by atoms with van der Waals surface area (Å²) in [5.41, 5.74) is 1.99. The monoisotopic (exact) mass is 296 g/mol. The number of benzene rings is 2. The molecule has 3 heteroatoms. The van der Waals surface area contributed by atoms with Crippen LogP contribution in [0.3, 0.4) is 0 Å². The van der Waals surface area contributed by atoms with Crippen LogP contribution in [-0.2, 0) is 12.8 Å². The highest BCUT2D eigenvalue weighted by Gasteiger charge is 2.02. The van der Waals surface area contributed by atoms with Crippen molar-refractivity contribution in [2.24, 2.45) is 0 Å². The molecule has 0 atom stereocenters. The number of halogens is 3. The van der Waals surface area contributed by atoms with E-state index in [-0.39, 0.29) is 0 Å². The number of hydrogen-bond donors (Lipinski definition) is 0. The van der Waals surface area contributed by atoms with Crippen molar-refractivity contribution in [1.82, 2.24) is 0 Å². The van der Waals surface area contributed by atoms with Gasteiger partial charge in [-0.1, -0.05) is 34.1 Å². The summed E-state index contributed by atoms with van der Waals surface area (Å²) in [4.78, 5) is 0. The first-order chi connectivity index (χ1) is 8.15. The van der Waals surface area contributed by atoms with Gasteiger partial charge in [0, 0.05) is 4.47 Å². The molecule has 0 amide bonds. The number of aryl methyl sites for hydroxylation is 2. The Bertz CT molecular complexity index is 506. The Hall–Kier alpha value is -1.22. The van der Waals surface area contributed by atoms with E-state index in [1.54, 1.807) is 6.07 Å². The average Bonchev–Trinajstić information content (AvgIpc) is 2.33. The summed E-state index contributed by atoms with van der Waals surface area (Å²) in [5, 5.41) is 0. The SMILES string of the molecule is Fc1ccc(CCc2ccc(Br)cc2)cc1F. The summed E-state index contributed by atoms with van der Waals surface area (Å²) in [7, 11) is 0. The van der Waals surface area contributed by atoms with E-state index in [1.165, 1.54) is 17.7 Å². The molecule has 2 aromatic rings. The Morgan fingerprint density at radius 1 is 0.765 bits per heavy atom. The van der Waals surface area contributed by atoms with Crippen LogP contribution in [0.25, 0.3) is 0 Å². The molecule has 0 unspecified atom stereocenters. The Balaban J connectivity index is 2.02. The minimum absolute atomic E-state index is 0.707. The van der Waals surface area contributed by atoms with E-state index in [9.17, 15) is 8.78 Å². The molecule has 0 aromatic heterocycles. The van der Waals surface area contributed by atoms with E-state index in [4.69, 9.17) is 0 Å². The molecule has 2 rings (SSSR count). The topological polar surface area (TPSA) is 0 Å². The fourth-order valence-corrected chi connectivity index (χ4v) is 1.90. The first-order valence-corrected chi connectivity index (χ1v) is 6.13. The normalized spacial score (nSPS) is 10.5. The highest BCUT2D eigenvalue weighted by Crippen LogP contribution is 2.14. The van der Waals surface area contributed by atoms with Crippen LogP contribution in [0, 0.1) is 11.6 Å². The summed E-state index contributed by atoms with van der Waals surface area (Å²) in [6.45, 7) is 0. The molecular formula is C14H11BrF2. The van der Waals surface area contributed by atoms with Crippen molar-refractivity contribution in [2.75, 3.05) is 0 Å². The molecule has 0 heterocycles. The standard InChI is InChI=1S/C14H11BrF2/c15-12-6-3-10(4-7-12)1-2-11-5-8-13(16)14(17)9-11/h3-9H,1-2H2. The van der Waals surface area contributed by atoms with E-state index in [0.717, 1.165) is 16.5 Å². The average molecular weight is 297 g/mol. The van der Waals surface area contributed by atoms with Crippen LogP contribution in [-0.4, -0.2) is 0 Å². The van der Waals surface area contributed by atoms with Gasteiger partial charge in [-0.05, 0) is 48.2 Å². The maximum Gasteiger partial charge on any atom is 0.159 e. The number of rotatable bonds is 3. The van der Waals surface area contributed by atoms with Gasteiger partial charge >= 0.3 is 0 Å². The van der Waals surface area contributed by atoms with Gasteiger partial charge in [0.25, 0.3) is 0 Å². The molecule has 0 aliphatic heterocycles. The van der Waals surface area contributed by atoms with Gasteiger partial charge in [0.1, 0.15) is 0 Å². The second-order valence-electron chi connectivity index (χ2n) is 3.87. The molecule has 0 aliphatic rings. The summed E-state index contributed by atoms with van der Waals surface area (Å²) in [6, 6.07) is 12.0. The van der Waals surface area contributed by atoms with E-state index >= 15 is 0 Å². The second kappa shape index (κ2) is 5.41. The van der Waals surface area contributed by atoms with E-state index in [2.05, 4.69) is 15.9 Å². The summed E-state index contributed by atoms with van der Waals surface area (Å²) in [5.74, 6) is -1.57. The zero-order valence-electron chi connectivity index (χ0n) is 9.09. The molecule has 88 valence electrons. The zero-order valence-corrected chi connectivity index (χ0v) is 10.7. The Morgan fingerprint density at radius 2 is 1.35 bits per heavy atom. The van der Waals surface area contributed by atoms with Gasteiger partial charge in [0.15, 0.2) is 11.6 Å². The highest BCUT2D eigenvalue weighted by molar-refractivity contribution is 9.10. The minimum atomic E-state index is -0.794. The third kappa shape index (κ3) is 3.37. The molecule has 0 fully saturated rings. The second-order valence-corrected chi connectivity index (χ2v) is 4.79. The molecule has 0 N–H and O–H groups in total. The van der Waals surface area contributed by atoms with Crippen molar-refractivity contribution in [2.45, 2.75) is 12.8 Å². The van der Waals surface area contributed by atoms with E-state index < -0.39 is 11.6 Å². The van der Waals surface area contributed by atoms with Crippen molar-refractivity contribution < 1.29 is 8.78 Å². The Morgan fingerprint density at radius 3 is 2.00 bits per heavy atom. The summed E-state index contributed by atoms with van der Waals surface area (Å²) >= 11 is 3.37. The lowest BCUT2D eigenvalue weighted by molar-refractivity contribution is 0.507. The maximum atomic E-state index is 13.0. The molecule has 0 spiro atoms. The van der Waals surface area contributed by atoms with Gasteiger partial charge in [0.05, 0.1) is 0 Å². The van der Waals surface area contributed by atoms with Crippen molar-refractivity contribution in [3.05, 3.63) is 69.7 Å². The smallest absolute Gasteiger partial charge is 0.159 e. The lowest BCUT2D eigenvalue weighted by Gasteiger charge is -2.03. The quantitative estimate of drug-likeness (QED) is 0.782. The van der Waals surface area contributed by atoms with E-state index in [1.807, 2.05) is 24.3 Å². The molecule has 2 aromatic carbocycles. The van der Waals surface area contributed by atoms with Crippen molar-refractivity contribution in [3.63, 3.8) is 0 Å². The van der Waals surface area contributed by atoms with Gasteiger partial charge < -0.3 is 0 Å². The molecular weight excluding hydrogens is 286 g/mol. The van der Waals surface area contributed by atoms with Crippen molar-refractivity contribution in [3.8, 4) is 0 Å². The van der Waals surface area contributed by atoms with Crippen LogP contribution in [0.15, 0.2) is 46.9 Å². The van der Waals surface area contributed by atoms with Crippen molar-refractivity contribution in [1.29, 1.82) is 0 Å². The predicted octanol–water partition coefficient (Wildman–Crippen LogP) is 4.51. The predicted molar refractivity (Wildman–Crippen MR) is 67.9 cm³/mol. The van der Waals surface area contributed by atoms with Crippen LogP contribution in [0.1, 0.15) is 11.1 Å². The third-order valence-electron chi connectivity index (χ3n) is 2.60. The zero-order chi connectivity index (χ0) is 12.3. The summed E-state index contributed by atoms with van der Waals surface area (Å²) < 4.78 is 26.7. The van der Waals surface area contributed by atoms with Gasteiger partial charge in [-0.25, -0.2) is 8.78 Å². The highest BCUT2D eigenvalue weighted by atomic mass is 79.9. The van der Waals surface area contributed by atoms with Gasteiger partial charge in [-0.3, -0.25) is 0 Å². The molecule has 0 bridgehead atoms. The van der Waals surface area contributed by atoms with Gasteiger partial charge in [-0.2, -0.15) is 0 Å². The lowest BCUT2D eigenvalue weighted by atomic mass is 10.0. The van der Waals surface area contributed by atoms with Gasteiger partial charge in [-0.15, -0.1) is 0 Å². The fraction of sp³-hybridized carbons (Fsp3) is 0.143. The third-order valence-corrected chi connectivity index (χ3v) is 3.13. The summed E-state index contributed by atoms with van der Waals surface area (Å²) in [6.07, 6.45) is 1.52. The maximum absolute atomic E-state index is 13.0. The van der Waals surface area contributed by atoms with Crippen LogP contribution in [0.4, 0.5) is 8.78 Å². The van der Waals surface area contributed by atoms with Crippen LogP contribution < -0.4 is 0 Å². The van der Waals surface area contributed by atoms with Crippen LogP contribution in [0.2, 0.25) is 0 Å². The first kappa shape index (κ1) is 12.2. The molecule has 0 aliphatic carbocycles. The lowest BCUT2D eigenvalue weighted by Crippen LogP contribution is -1.93. The largest absolute Gasteiger partial charge is 0.204 e.